The minimum atomic E-state index is 0. The fraction of sp³-hybridized carbons (Fsp3) is 0.312. The number of halogens is 1. The van der Waals surface area contributed by atoms with E-state index in [9.17, 15) is 0 Å². The van der Waals surface area contributed by atoms with E-state index in [4.69, 9.17) is 5.73 Å². The Hall–Kier alpha value is -1.74. The lowest BCUT2D eigenvalue weighted by molar-refractivity contribution is 0.831. The van der Waals surface area contributed by atoms with Gasteiger partial charge in [0, 0.05) is 23.4 Å². The van der Waals surface area contributed by atoms with Crippen molar-refractivity contribution in [1.29, 1.82) is 0 Å². The van der Waals surface area contributed by atoms with Gasteiger partial charge in [-0.3, -0.25) is 0 Å². The van der Waals surface area contributed by atoms with Gasteiger partial charge in [0.25, 0.3) is 0 Å². The average molecular weight is 290 g/mol. The molecule has 1 aliphatic rings. The second kappa shape index (κ2) is 6.14. The van der Waals surface area contributed by atoms with Crippen LogP contribution in [0.25, 0.3) is 11.1 Å². The number of hydrogen-bond acceptors (Lipinski definition) is 3. The Balaban J connectivity index is 0.00000147. The van der Waals surface area contributed by atoms with Gasteiger partial charge in [0.15, 0.2) is 0 Å². The molecule has 1 aliphatic heterocycles. The van der Waals surface area contributed by atoms with Crippen molar-refractivity contribution in [1.82, 2.24) is 4.98 Å². The number of rotatable bonds is 2. The van der Waals surface area contributed by atoms with Gasteiger partial charge in [-0.1, -0.05) is 25.1 Å². The van der Waals surface area contributed by atoms with Crippen LogP contribution in [0.5, 0.6) is 0 Å². The van der Waals surface area contributed by atoms with E-state index in [0.29, 0.717) is 5.82 Å². The standard InChI is InChI=1S/C16H19N3.ClH/c1-2-14-12(8-9-15(17)19-14)13-7-3-5-11-6-4-10-18-16(11)13;/h3,5,7-9,18H,2,4,6,10H2,1H3,(H2,17,19);1H. The molecule has 1 aromatic heterocycles. The average Bonchev–Trinajstić information content (AvgIpc) is 2.46. The smallest absolute Gasteiger partial charge is 0.123 e. The Bertz CT molecular complexity index is 611. The number of fused-ring (bicyclic) bond motifs is 1. The monoisotopic (exact) mass is 289 g/mol. The van der Waals surface area contributed by atoms with Crippen molar-refractivity contribution in [2.24, 2.45) is 0 Å². The lowest BCUT2D eigenvalue weighted by atomic mass is 9.94. The molecule has 0 atom stereocenters. The van der Waals surface area contributed by atoms with Gasteiger partial charge in [-0.15, -0.1) is 12.4 Å². The molecule has 0 unspecified atom stereocenters. The molecule has 0 amide bonds. The van der Waals surface area contributed by atoms with Crippen LogP contribution in [-0.4, -0.2) is 11.5 Å². The molecule has 106 valence electrons. The third-order valence-corrected chi connectivity index (χ3v) is 3.70. The summed E-state index contributed by atoms with van der Waals surface area (Å²) in [6.45, 7) is 3.17. The number of nitrogens with one attached hydrogen (secondary N) is 1. The topological polar surface area (TPSA) is 50.9 Å². The first-order valence-corrected chi connectivity index (χ1v) is 6.91. The number of hydrogen-bond donors (Lipinski definition) is 2. The van der Waals surface area contributed by atoms with Crippen molar-refractivity contribution in [3.8, 4) is 11.1 Å². The summed E-state index contributed by atoms with van der Waals surface area (Å²) in [6, 6.07) is 10.5. The third-order valence-electron chi connectivity index (χ3n) is 3.70. The molecule has 0 radical (unpaired) electrons. The number of aryl methyl sites for hydroxylation is 2. The number of para-hydroxylation sites is 1. The van der Waals surface area contributed by atoms with E-state index in [1.54, 1.807) is 0 Å². The van der Waals surface area contributed by atoms with Crippen molar-refractivity contribution in [3.63, 3.8) is 0 Å². The molecule has 2 aromatic rings. The lowest BCUT2D eigenvalue weighted by Crippen LogP contribution is -2.13. The maximum Gasteiger partial charge on any atom is 0.123 e. The van der Waals surface area contributed by atoms with Crippen LogP contribution >= 0.6 is 12.4 Å². The summed E-state index contributed by atoms with van der Waals surface area (Å²) >= 11 is 0. The molecule has 0 fully saturated rings. The Morgan fingerprint density at radius 3 is 2.85 bits per heavy atom. The highest BCUT2D eigenvalue weighted by Crippen LogP contribution is 2.35. The van der Waals surface area contributed by atoms with E-state index in [1.807, 2.05) is 6.07 Å². The van der Waals surface area contributed by atoms with Crippen LogP contribution in [0.1, 0.15) is 24.6 Å². The highest BCUT2D eigenvalue weighted by atomic mass is 35.5. The van der Waals surface area contributed by atoms with Gasteiger partial charge < -0.3 is 11.1 Å². The van der Waals surface area contributed by atoms with Crippen LogP contribution in [0.3, 0.4) is 0 Å². The van der Waals surface area contributed by atoms with Crippen molar-refractivity contribution in [2.45, 2.75) is 26.2 Å². The quantitative estimate of drug-likeness (QED) is 0.887. The van der Waals surface area contributed by atoms with E-state index in [0.717, 1.165) is 25.1 Å². The number of nitrogens with two attached hydrogens (primary N) is 1. The fourth-order valence-corrected chi connectivity index (χ4v) is 2.77. The van der Waals surface area contributed by atoms with Gasteiger partial charge in [0.2, 0.25) is 0 Å². The number of anilines is 2. The van der Waals surface area contributed by atoms with Crippen LogP contribution in [0.4, 0.5) is 11.5 Å². The second-order valence-electron chi connectivity index (χ2n) is 4.95. The third kappa shape index (κ3) is 2.59. The normalized spacial score (nSPS) is 13.1. The number of pyridine rings is 1. The zero-order valence-corrected chi connectivity index (χ0v) is 12.5. The summed E-state index contributed by atoms with van der Waals surface area (Å²) in [5.41, 5.74) is 12.0. The van der Waals surface area contributed by atoms with Gasteiger partial charge in [-0.2, -0.15) is 0 Å². The number of benzene rings is 1. The molecular formula is C16H20ClN3. The van der Waals surface area contributed by atoms with Gasteiger partial charge in [0.05, 0.1) is 5.69 Å². The summed E-state index contributed by atoms with van der Waals surface area (Å²) < 4.78 is 0. The highest BCUT2D eigenvalue weighted by molar-refractivity contribution is 5.85. The van der Waals surface area contributed by atoms with E-state index in [1.165, 1.54) is 28.8 Å². The van der Waals surface area contributed by atoms with Crippen molar-refractivity contribution >= 4 is 23.9 Å². The molecule has 3 rings (SSSR count). The first kappa shape index (κ1) is 14.7. The Kier molecular flexibility index (Phi) is 4.50. The van der Waals surface area contributed by atoms with Gasteiger partial charge in [0.1, 0.15) is 5.82 Å². The SMILES string of the molecule is CCc1nc(N)ccc1-c1cccc2c1NCCC2.Cl. The van der Waals surface area contributed by atoms with Crippen LogP contribution in [0.15, 0.2) is 30.3 Å². The molecule has 0 saturated heterocycles. The molecule has 2 heterocycles. The molecule has 1 aromatic carbocycles. The van der Waals surface area contributed by atoms with Gasteiger partial charge >= 0.3 is 0 Å². The summed E-state index contributed by atoms with van der Waals surface area (Å²) in [6.07, 6.45) is 3.25. The Morgan fingerprint density at radius 1 is 1.20 bits per heavy atom. The van der Waals surface area contributed by atoms with E-state index in [2.05, 4.69) is 41.5 Å². The summed E-state index contributed by atoms with van der Waals surface area (Å²) in [4.78, 5) is 4.47. The molecule has 0 aliphatic carbocycles. The van der Waals surface area contributed by atoms with Crippen LogP contribution in [0, 0.1) is 0 Å². The maximum absolute atomic E-state index is 5.79. The molecule has 3 N–H and O–H groups in total. The summed E-state index contributed by atoms with van der Waals surface area (Å²) in [5, 5.41) is 3.54. The predicted molar refractivity (Wildman–Crippen MR) is 87.5 cm³/mol. The van der Waals surface area contributed by atoms with Crippen LogP contribution < -0.4 is 11.1 Å². The molecule has 4 heteroatoms. The largest absolute Gasteiger partial charge is 0.384 e. The Morgan fingerprint density at radius 2 is 2.05 bits per heavy atom. The minimum Gasteiger partial charge on any atom is -0.384 e. The number of nitrogen functional groups attached to an aromatic ring is 1. The Labute approximate surface area is 126 Å². The molecule has 0 bridgehead atoms. The predicted octanol–water partition coefficient (Wildman–Crippen LogP) is 3.67. The van der Waals surface area contributed by atoms with Gasteiger partial charge in [-0.05, 0) is 37.0 Å². The van der Waals surface area contributed by atoms with E-state index < -0.39 is 0 Å². The minimum absolute atomic E-state index is 0. The van der Waals surface area contributed by atoms with E-state index >= 15 is 0 Å². The van der Waals surface area contributed by atoms with Crippen molar-refractivity contribution in [2.75, 3.05) is 17.6 Å². The van der Waals surface area contributed by atoms with Crippen molar-refractivity contribution < 1.29 is 0 Å². The molecular weight excluding hydrogens is 270 g/mol. The first-order valence-electron chi connectivity index (χ1n) is 6.91. The number of aromatic nitrogens is 1. The summed E-state index contributed by atoms with van der Waals surface area (Å²) in [5.74, 6) is 0.596. The van der Waals surface area contributed by atoms with E-state index in [-0.39, 0.29) is 12.4 Å². The highest BCUT2D eigenvalue weighted by Gasteiger charge is 2.15. The lowest BCUT2D eigenvalue weighted by Gasteiger charge is -2.22. The first-order chi connectivity index (χ1) is 9.29. The second-order valence-corrected chi connectivity index (χ2v) is 4.95. The van der Waals surface area contributed by atoms with Gasteiger partial charge in [-0.25, -0.2) is 4.98 Å². The maximum atomic E-state index is 5.79. The fourth-order valence-electron chi connectivity index (χ4n) is 2.77. The van der Waals surface area contributed by atoms with Crippen LogP contribution in [-0.2, 0) is 12.8 Å². The van der Waals surface area contributed by atoms with Crippen molar-refractivity contribution in [3.05, 3.63) is 41.6 Å². The zero-order chi connectivity index (χ0) is 13.2. The number of nitrogens with zero attached hydrogens (tertiary/aromatic N) is 1. The molecule has 0 saturated carbocycles. The van der Waals surface area contributed by atoms with Crippen LogP contribution in [0.2, 0.25) is 0 Å². The molecule has 0 spiro atoms. The molecule has 3 nitrogen and oxygen atoms in total. The molecule has 20 heavy (non-hydrogen) atoms. The summed E-state index contributed by atoms with van der Waals surface area (Å²) in [7, 11) is 0. The zero-order valence-electron chi connectivity index (χ0n) is 11.6.